The van der Waals surface area contributed by atoms with Crippen molar-refractivity contribution < 1.29 is 9.90 Å². The van der Waals surface area contributed by atoms with Gasteiger partial charge in [-0.3, -0.25) is 4.79 Å². The molecule has 2 aromatic heterocycles. The first kappa shape index (κ1) is 29.9. The van der Waals surface area contributed by atoms with E-state index in [1.807, 2.05) is 6.07 Å². The highest BCUT2D eigenvalue weighted by atomic mass is 35.5. The van der Waals surface area contributed by atoms with Crippen LogP contribution in [0.2, 0.25) is 5.02 Å². The molecule has 8 rings (SSSR count). The molecule has 0 unspecified atom stereocenters. The van der Waals surface area contributed by atoms with Crippen LogP contribution >= 0.6 is 11.6 Å². The van der Waals surface area contributed by atoms with Gasteiger partial charge in [-0.1, -0.05) is 17.7 Å². The zero-order valence-corrected chi connectivity index (χ0v) is 27.3. The van der Waals surface area contributed by atoms with Gasteiger partial charge in [0.1, 0.15) is 11.5 Å². The number of piperazine rings is 1. The highest BCUT2D eigenvalue weighted by Gasteiger charge is 2.48. The van der Waals surface area contributed by atoms with Crippen molar-refractivity contribution in [2.24, 2.45) is 11.3 Å². The number of anilines is 3. The van der Waals surface area contributed by atoms with Crippen LogP contribution in [0.15, 0.2) is 36.7 Å². The molecule has 1 aromatic carbocycles. The SMILES string of the molecule is CC(=O)C1CCC2(CC1)CC(N1CCC(c3cnc(N4CCN5c6cc(-c7cccc(Cl)c7O)nnc6NC[C@@H]5C4)nc3)CC1)C2. The van der Waals surface area contributed by atoms with Crippen LogP contribution in [0.1, 0.15) is 69.8 Å². The van der Waals surface area contributed by atoms with Crippen molar-refractivity contribution in [2.45, 2.75) is 76.3 Å². The van der Waals surface area contributed by atoms with Crippen LogP contribution in [0.3, 0.4) is 0 Å². The maximum Gasteiger partial charge on any atom is 0.225 e. The smallest absolute Gasteiger partial charge is 0.225 e. The molecule has 11 heteroatoms. The Morgan fingerprint density at radius 1 is 1.00 bits per heavy atom. The summed E-state index contributed by atoms with van der Waals surface area (Å²) in [6.45, 7) is 7.28. The Morgan fingerprint density at radius 3 is 2.50 bits per heavy atom. The molecule has 242 valence electrons. The third-order valence-electron chi connectivity index (χ3n) is 11.8. The first-order valence-corrected chi connectivity index (χ1v) is 17.4. The number of phenols is 1. The molecule has 2 saturated heterocycles. The average molecular weight is 643 g/mol. The predicted molar refractivity (Wildman–Crippen MR) is 180 cm³/mol. The minimum absolute atomic E-state index is 0.0196. The van der Waals surface area contributed by atoms with Gasteiger partial charge in [0.25, 0.3) is 0 Å². The van der Waals surface area contributed by atoms with E-state index in [0.717, 1.165) is 75.6 Å². The van der Waals surface area contributed by atoms with Gasteiger partial charge in [-0.05, 0) is 106 Å². The third-order valence-corrected chi connectivity index (χ3v) is 12.1. The number of piperidine rings is 1. The minimum Gasteiger partial charge on any atom is -0.506 e. The molecule has 1 atom stereocenters. The van der Waals surface area contributed by atoms with Crippen LogP contribution in [0.4, 0.5) is 17.5 Å². The summed E-state index contributed by atoms with van der Waals surface area (Å²) in [5.74, 6) is 2.81. The number of likely N-dealkylation sites (tertiary alicyclic amines) is 1. The van der Waals surface area contributed by atoms with Crippen molar-refractivity contribution in [3.05, 3.63) is 47.2 Å². The Hall–Kier alpha value is -3.50. The number of hydrogen-bond acceptors (Lipinski definition) is 10. The maximum absolute atomic E-state index is 11.8. The summed E-state index contributed by atoms with van der Waals surface area (Å²) in [5.41, 5.74) is 3.94. The molecule has 0 radical (unpaired) electrons. The van der Waals surface area contributed by atoms with E-state index in [-0.39, 0.29) is 11.8 Å². The maximum atomic E-state index is 11.8. The second-order valence-electron chi connectivity index (χ2n) is 14.3. The second-order valence-corrected chi connectivity index (χ2v) is 14.8. The number of ketones is 1. The van der Waals surface area contributed by atoms with E-state index >= 15 is 0 Å². The normalized spacial score (nSPS) is 28.3. The largest absolute Gasteiger partial charge is 0.506 e. The van der Waals surface area contributed by atoms with Gasteiger partial charge in [-0.15, -0.1) is 10.2 Å². The zero-order chi connectivity index (χ0) is 31.4. The fourth-order valence-electron chi connectivity index (χ4n) is 8.87. The minimum atomic E-state index is 0.0196. The Balaban J connectivity index is 0.855. The van der Waals surface area contributed by atoms with Crippen molar-refractivity contribution in [1.29, 1.82) is 0 Å². The first-order chi connectivity index (χ1) is 22.4. The molecule has 2 saturated carbocycles. The lowest BCUT2D eigenvalue weighted by atomic mass is 9.56. The van der Waals surface area contributed by atoms with Crippen LogP contribution in [0.5, 0.6) is 5.75 Å². The lowest BCUT2D eigenvalue weighted by Gasteiger charge is -2.55. The number of nitrogens with zero attached hydrogens (tertiary/aromatic N) is 7. The topological polar surface area (TPSA) is 111 Å². The van der Waals surface area contributed by atoms with Crippen LogP contribution in [0, 0.1) is 11.3 Å². The van der Waals surface area contributed by atoms with E-state index < -0.39 is 0 Å². The fourth-order valence-corrected chi connectivity index (χ4v) is 9.04. The van der Waals surface area contributed by atoms with Crippen molar-refractivity contribution >= 4 is 34.8 Å². The van der Waals surface area contributed by atoms with Gasteiger partial charge >= 0.3 is 0 Å². The number of phenolic OH excluding ortho intramolecular Hbond substituents is 1. The number of aromatic nitrogens is 4. The van der Waals surface area contributed by atoms with Crippen LogP contribution < -0.4 is 15.1 Å². The van der Waals surface area contributed by atoms with Gasteiger partial charge in [-0.2, -0.15) is 0 Å². The number of aromatic hydroxyl groups is 1. The molecule has 2 N–H and O–H groups in total. The number of hydrogen-bond donors (Lipinski definition) is 2. The van der Waals surface area contributed by atoms with Gasteiger partial charge in [0.15, 0.2) is 5.82 Å². The summed E-state index contributed by atoms with van der Waals surface area (Å²) in [7, 11) is 0. The standard InChI is InChI=1S/C35H43ClN8O2/c1-22(45)23-5-9-35(10-6-23)16-26(17-35)42-11-7-24(8-12-42)25-18-38-34(39-19-25)43-13-14-44-27(21-43)20-37-33-31(44)15-30(40-41-33)28-3-2-4-29(36)32(28)46/h2-4,15,18-19,23-24,26-27,46H,5-14,16-17,20-21H2,1H3,(H,37,41)/t23?,26?,27-,35?/m1/s1. The Morgan fingerprint density at radius 2 is 1.76 bits per heavy atom. The van der Waals surface area contributed by atoms with E-state index in [4.69, 9.17) is 21.6 Å². The number of rotatable bonds is 5. The number of carbonyl (C=O) groups excluding carboxylic acids is 1. The summed E-state index contributed by atoms with van der Waals surface area (Å²) in [6, 6.07) is 8.23. The molecule has 5 aliphatic rings. The number of halogens is 1. The number of carbonyl (C=O) groups is 1. The zero-order valence-electron chi connectivity index (χ0n) is 26.5. The Bertz CT molecular complexity index is 1590. The molecular weight excluding hydrogens is 600 g/mol. The monoisotopic (exact) mass is 642 g/mol. The molecular formula is C35H43ClN8O2. The van der Waals surface area contributed by atoms with Crippen molar-refractivity contribution in [2.75, 3.05) is 54.4 Å². The molecule has 2 aliphatic carbocycles. The number of nitrogens with one attached hydrogen (secondary N) is 1. The highest BCUT2D eigenvalue weighted by Crippen LogP contribution is 2.55. The highest BCUT2D eigenvalue weighted by molar-refractivity contribution is 6.32. The number of para-hydroxylation sites is 1. The van der Waals surface area contributed by atoms with Gasteiger partial charge in [0, 0.05) is 56.1 Å². The number of benzene rings is 1. The summed E-state index contributed by atoms with van der Waals surface area (Å²) < 4.78 is 0. The molecule has 3 aliphatic heterocycles. The molecule has 10 nitrogen and oxygen atoms in total. The van der Waals surface area contributed by atoms with E-state index in [1.165, 1.54) is 44.1 Å². The van der Waals surface area contributed by atoms with Crippen molar-refractivity contribution in [3.8, 4) is 17.0 Å². The summed E-state index contributed by atoms with van der Waals surface area (Å²) in [6.07, 6.45) is 13.8. The van der Waals surface area contributed by atoms with E-state index in [0.29, 0.717) is 39.3 Å². The van der Waals surface area contributed by atoms with Crippen LogP contribution in [-0.4, -0.2) is 87.3 Å². The molecule has 3 aromatic rings. The number of Topliss-reactive ketones (excluding diaryl/α,β-unsaturated/α-hetero) is 1. The lowest BCUT2D eigenvalue weighted by molar-refractivity contribution is -0.124. The molecule has 4 fully saturated rings. The molecule has 46 heavy (non-hydrogen) atoms. The fraction of sp³-hybridized carbons (Fsp3) is 0.571. The van der Waals surface area contributed by atoms with E-state index in [2.05, 4.69) is 42.6 Å². The van der Waals surface area contributed by atoms with Crippen molar-refractivity contribution in [1.82, 2.24) is 25.1 Å². The summed E-state index contributed by atoms with van der Waals surface area (Å²) in [5, 5.41) is 23.0. The Kier molecular flexibility index (Phi) is 7.75. The van der Waals surface area contributed by atoms with Crippen LogP contribution in [-0.2, 0) is 4.79 Å². The second kappa shape index (κ2) is 11.9. The number of fused-ring (bicyclic) bond motifs is 3. The predicted octanol–water partition coefficient (Wildman–Crippen LogP) is 5.52. The molecule has 0 bridgehead atoms. The molecule has 0 amide bonds. The third kappa shape index (κ3) is 5.47. The lowest BCUT2D eigenvalue weighted by Crippen LogP contribution is -2.58. The van der Waals surface area contributed by atoms with Gasteiger partial charge in [0.2, 0.25) is 5.95 Å². The molecule has 5 heterocycles. The first-order valence-electron chi connectivity index (χ1n) is 17.0. The van der Waals surface area contributed by atoms with E-state index in [1.54, 1.807) is 25.1 Å². The Labute approximate surface area is 275 Å². The summed E-state index contributed by atoms with van der Waals surface area (Å²) >= 11 is 6.16. The van der Waals surface area contributed by atoms with Crippen LogP contribution in [0.25, 0.3) is 11.3 Å². The van der Waals surface area contributed by atoms with Gasteiger partial charge in [0.05, 0.1) is 22.4 Å². The quantitative estimate of drug-likeness (QED) is 0.369. The van der Waals surface area contributed by atoms with Gasteiger partial charge in [-0.25, -0.2) is 9.97 Å². The summed E-state index contributed by atoms with van der Waals surface area (Å²) in [4.78, 5) is 28.9. The van der Waals surface area contributed by atoms with E-state index in [9.17, 15) is 9.90 Å². The van der Waals surface area contributed by atoms with Crippen molar-refractivity contribution in [3.63, 3.8) is 0 Å². The van der Waals surface area contributed by atoms with Gasteiger partial charge < -0.3 is 25.1 Å². The molecule has 1 spiro atoms. The average Bonchev–Trinajstić information content (AvgIpc) is 3.08.